The van der Waals surface area contributed by atoms with Gasteiger partial charge in [0.05, 0.1) is 6.54 Å². The van der Waals surface area contributed by atoms with Crippen LogP contribution in [-0.2, 0) is 25.9 Å². The summed E-state index contributed by atoms with van der Waals surface area (Å²) in [6.07, 6.45) is 7.41. The van der Waals surface area contributed by atoms with Gasteiger partial charge in [-0.25, -0.2) is 9.97 Å². The van der Waals surface area contributed by atoms with Gasteiger partial charge in [0.25, 0.3) is 0 Å². The van der Waals surface area contributed by atoms with E-state index in [4.69, 9.17) is 0 Å². The highest BCUT2D eigenvalue weighted by Gasteiger charge is 2.28. The van der Waals surface area contributed by atoms with Crippen LogP contribution < -0.4 is 4.90 Å². The predicted octanol–water partition coefficient (Wildman–Crippen LogP) is 2.02. The summed E-state index contributed by atoms with van der Waals surface area (Å²) in [4.78, 5) is 13.7. The van der Waals surface area contributed by atoms with Crippen LogP contribution >= 0.6 is 0 Å². The average Bonchev–Trinajstić information content (AvgIpc) is 3.27. The van der Waals surface area contributed by atoms with Gasteiger partial charge in [0.15, 0.2) is 0 Å². The van der Waals surface area contributed by atoms with E-state index in [1.165, 1.54) is 23.5 Å². The SMILES string of the molecule is CCn1c(CN(C)C)nnc1C1CCN(c2ncnc3c2CCC3)CC1. The van der Waals surface area contributed by atoms with Crippen LogP contribution in [0.25, 0.3) is 0 Å². The van der Waals surface area contributed by atoms with Crippen LogP contribution in [0.2, 0.25) is 0 Å². The summed E-state index contributed by atoms with van der Waals surface area (Å²) in [5.74, 6) is 3.90. The zero-order valence-electron chi connectivity index (χ0n) is 16.1. The zero-order chi connectivity index (χ0) is 18.1. The number of nitrogens with zero attached hydrogens (tertiary/aromatic N) is 7. The van der Waals surface area contributed by atoms with Crippen molar-refractivity contribution in [1.82, 2.24) is 29.6 Å². The highest BCUT2D eigenvalue weighted by atomic mass is 15.3. The Morgan fingerprint density at radius 2 is 1.92 bits per heavy atom. The fourth-order valence-corrected chi connectivity index (χ4v) is 4.36. The van der Waals surface area contributed by atoms with E-state index in [1.54, 1.807) is 6.33 Å². The maximum absolute atomic E-state index is 4.62. The zero-order valence-corrected chi connectivity index (χ0v) is 16.1. The Balaban J connectivity index is 1.48. The molecule has 0 radical (unpaired) electrons. The summed E-state index contributed by atoms with van der Waals surface area (Å²) in [6.45, 7) is 6.03. The number of rotatable bonds is 5. The molecule has 1 aliphatic carbocycles. The minimum absolute atomic E-state index is 0.490. The normalized spacial score (nSPS) is 17.9. The van der Waals surface area contributed by atoms with Gasteiger partial charge in [-0.2, -0.15) is 0 Å². The van der Waals surface area contributed by atoms with E-state index in [0.29, 0.717) is 5.92 Å². The first kappa shape index (κ1) is 17.4. The molecule has 2 aliphatic rings. The molecule has 1 saturated heterocycles. The van der Waals surface area contributed by atoms with E-state index >= 15 is 0 Å². The smallest absolute Gasteiger partial charge is 0.147 e. The second-order valence-corrected chi connectivity index (χ2v) is 7.69. The molecule has 0 N–H and O–H groups in total. The van der Waals surface area contributed by atoms with Crippen molar-refractivity contribution in [1.29, 1.82) is 0 Å². The first-order valence-corrected chi connectivity index (χ1v) is 9.81. The molecular formula is C19H29N7. The van der Waals surface area contributed by atoms with Crippen LogP contribution in [0.15, 0.2) is 6.33 Å². The van der Waals surface area contributed by atoms with Gasteiger partial charge < -0.3 is 14.4 Å². The molecule has 0 saturated carbocycles. The van der Waals surface area contributed by atoms with Crippen molar-refractivity contribution in [3.05, 3.63) is 29.2 Å². The summed E-state index contributed by atoms with van der Waals surface area (Å²) in [5.41, 5.74) is 2.65. The Morgan fingerprint density at radius 3 is 2.65 bits per heavy atom. The van der Waals surface area contributed by atoms with Crippen molar-refractivity contribution in [2.75, 3.05) is 32.1 Å². The minimum atomic E-state index is 0.490. The van der Waals surface area contributed by atoms with Gasteiger partial charge in [0.1, 0.15) is 23.8 Å². The molecule has 0 spiro atoms. The number of aryl methyl sites for hydroxylation is 1. The molecule has 3 heterocycles. The molecule has 2 aromatic rings. The molecule has 7 heteroatoms. The molecule has 26 heavy (non-hydrogen) atoms. The third-order valence-corrected chi connectivity index (χ3v) is 5.64. The standard InChI is InChI=1S/C19H29N7/c1-4-26-17(12-24(2)3)22-23-18(26)14-8-10-25(11-9-14)19-15-6-5-7-16(15)20-13-21-19/h13-14H,4-12H2,1-3H3. The Hall–Kier alpha value is -2.02. The lowest BCUT2D eigenvalue weighted by Crippen LogP contribution is -2.35. The van der Waals surface area contributed by atoms with Crippen LogP contribution in [0.3, 0.4) is 0 Å². The van der Waals surface area contributed by atoms with Crippen LogP contribution in [-0.4, -0.2) is 56.8 Å². The molecule has 0 amide bonds. The summed E-state index contributed by atoms with van der Waals surface area (Å²) in [6, 6.07) is 0. The topological polar surface area (TPSA) is 63.0 Å². The van der Waals surface area contributed by atoms with E-state index in [9.17, 15) is 0 Å². The summed E-state index contributed by atoms with van der Waals surface area (Å²) in [5, 5.41) is 9.03. The predicted molar refractivity (Wildman–Crippen MR) is 101 cm³/mol. The van der Waals surface area contributed by atoms with E-state index in [0.717, 1.165) is 63.5 Å². The fraction of sp³-hybridized carbons (Fsp3) is 0.684. The molecule has 4 rings (SSSR count). The van der Waals surface area contributed by atoms with E-state index in [-0.39, 0.29) is 0 Å². The van der Waals surface area contributed by atoms with Gasteiger partial charge in [-0.1, -0.05) is 0 Å². The molecular weight excluding hydrogens is 326 g/mol. The monoisotopic (exact) mass is 355 g/mol. The van der Waals surface area contributed by atoms with Gasteiger partial charge >= 0.3 is 0 Å². The van der Waals surface area contributed by atoms with Gasteiger partial charge in [0, 0.05) is 36.8 Å². The highest BCUT2D eigenvalue weighted by Crippen LogP contribution is 2.33. The molecule has 1 aliphatic heterocycles. The lowest BCUT2D eigenvalue weighted by atomic mass is 9.95. The van der Waals surface area contributed by atoms with Crippen molar-refractivity contribution in [2.45, 2.75) is 58.0 Å². The Labute approximate surface area is 155 Å². The quantitative estimate of drug-likeness (QED) is 0.818. The molecule has 0 bridgehead atoms. The molecule has 140 valence electrons. The third kappa shape index (κ3) is 3.20. The molecule has 1 fully saturated rings. The number of hydrogen-bond acceptors (Lipinski definition) is 6. The maximum atomic E-state index is 4.62. The first-order valence-electron chi connectivity index (χ1n) is 9.81. The van der Waals surface area contributed by atoms with E-state index < -0.39 is 0 Å². The summed E-state index contributed by atoms with van der Waals surface area (Å²) in [7, 11) is 4.15. The Bertz CT molecular complexity index is 759. The van der Waals surface area contributed by atoms with Crippen LogP contribution in [0, 0.1) is 0 Å². The minimum Gasteiger partial charge on any atom is -0.356 e. The Kier molecular flexibility index (Phi) is 4.89. The second-order valence-electron chi connectivity index (χ2n) is 7.69. The molecule has 0 aromatic carbocycles. The molecule has 0 atom stereocenters. The van der Waals surface area contributed by atoms with Crippen molar-refractivity contribution in [2.24, 2.45) is 0 Å². The van der Waals surface area contributed by atoms with Gasteiger partial charge in [-0.15, -0.1) is 10.2 Å². The van der Waals surface area contributed by atoms with Gasteiger partial charge in [-0.05, 0) is 53.1 Å². The lowest BCUT2D eigenvalue weighted by Gasteiger charge is -2.33. The van der Waals surface area contributed by atoms with Gasteiger partial charge in [-0.3, -0.25) is 0 Å². The third-order valence-electron chi connectivity index (χ3n) is 5.64. The number of anilines is 1. The van der Waals surface area contributed by atoms with Crippen LogP contribution in [0.5, 0.6) is 0 Å². The highest BCUT2D eigenvalue weighted by molar-refractivity contribution is 5.50. The molecule has 7 nitrogen and oxygen atoms in total. The second kappa shape index (κ2) is 7.31. The molecule has 0 unspecified atom stereocenters. The maximum Gasteiger partial charge on any atom is 0.147 e. The van der Waals surface area contributed by atoms with Crippen LogP contribution in [0.1, 0.15) is 55.0 Å². The Morgan fingerprint density at radius 1 is 1.12 bits per heavy atom. The molecule has 2 aromatic heterocycles. The summed E-state index contributed by atoms with van der Waals surface area (Å²) < 4.78 is 2.31. The number of hydrogen-bond donors (Lipinski definition) is 0. The van der Waals surface area contributed by atoms with Crippen LogP contribution in [0.4, 0.5) is 5.82 Å². The lowest BCUT2D eigenvalue weighted by molar-refractivity contribution is 0.377. The number of fused-ring (bicyclic) bond motifs is 1. The fourth-order valence-electron chi connectivity index (χ4n) is 4.36. The number of piperidine rings is 1. The van der Waals surface area contributed by atoms with E-state index in [2.05, 4.69) is 55.6 Å². The average molecular weight is 355 g/mol. The summed E-state index contributed by atoms with van der Waals surface area (Å²) >= 11 is 0. The first-order chi connectivity index (χ1) is 12.7. The largest absolute Gasteiger partial charge is 0.356 e. The van der Waals surface area contributed by atoms with E-state index in [1.807, 2.05) is 0 Å². The van der Waals surface area contributed by atoms with Crippen molar-refractivity contribution in [3.63, 3.8) is 0 Å². The van der Waals surface area contributed by atoms with Crippen molar-refractivity contribution < 1.29 is 0 Å². The van der Waals surface area contributed by atoms with Crippen molar-refractivity contribution in [3.8, 4) is 0 Å². The number of aromatic nitrogens is 5. The van der Waals surface area contributed by atoms with Crippen molar-refractivity contribution >= 4 is 5.82 Å². The van der Waals surface area contributed by atoms with Gasteiger partial charge in [0.2, 0.25) is 0 Å².